The smallest absolute Gasteiger partial charge is 0.354 e. The molecule has 8 nitrogen and oxygen atoms in total. The van der Waals surface area contributed by atoms with E-state index in [0.29, 0.717) is 23.7 Å². The van der Waals surface area contributed by atoms with Gasteiger partial charge in [0.25, 0.3) is 0 Å². The number of rotatable bonds is 8. The molecule has 2 fully saturated rings. The van der Waals surface area contributed by atoms with Crippen molar-refractivity contribution in [3.05, 3.63) is 11.3 Å². The van der Waals surface area contributed by atoms with Crippen LogP contribution >= 0.6 is 0 Å². The molecule has 0 aliphatic carbocycles. The van der Waals surface area contributed by atoms with Crippen molar-refractivity contribution in [2.45, 2.75) is 90.6 Å². The second-order valence-corrected chi connectivity index (χ2v) is 10.3. The maximum atomic E-state index is 12.8. The second kappa shape index (κ2) is 10.5. The molecule has 8 heteroatoms. The molecule has 3 heterocycles. The van der Waals surface area contributed by atoms with Gasteiger partial charge in [0.2, 0.25) is 0 Å². The van der Waals surface area contributed by atoms with Crippen molar-refractivity contribution < 1.29 is 24.2 Å². The van der Waals surface area contributed by atoms with Crippen LogP contribution in [0.2, 0.25) is 0 Å². The maximum absolute atomic E-state index is 12.8. The summed E-state index contributed by atoms with van der Waals surface area (Å²) in [5.41, 5.74) is 0.289. The first-order chi connectivity index (χ1) is 15.1. The maximum Gasteiger partial charge on any atom is 0.354 e. The van der Waals surface area contributed by atoms with Gasteiger partial charge in [0, 0.05) is 31.6 Å². The third-order valence-electron chi connectivity index (χ3n) is 6.67. The lowest BCUT2D eigenvalue weighted by molar-refractivity contribution is -0.150. The minimum absolute atomic E-state index is 0.268. The summed E-state index contributed by atoms with van der Waals surface area (Å²) in [7, 11) is 0. The highest BCUT2D eigenvalue weighted by Gasteiger charge is 2.44. The van der Waals surface area contributed by atoms with E-state index in [1.807, 2.05) is 20.8 Å². The van der Waals surface area contributed by atoms with Crippen molar-refractivity contribution in [1.82, 2.24) is 15.1 Å². The van der Waals surface area contributed by atoms with Gasteiger partial charge >= 0.3 is 11.9 Å². The highest BCUT2D eigenvalue weighted by molar-refractivity contribution is 5.92. The minimum atomic E-state index is -0.690. The summed E-state index contributed by atoms with van der Waals surface area (Å²) in [4.78, 5) is 30.2. The van der Waals surface area contributed by atoms with Crippen LogP contribution in [0.15, 0.2) is 11.3 Å². The second-order valence-electron chi connectivity index (χ2n) is 10.3. The molecule has 0 radical (unpaired) electrons. The highest BCUT2D eigenvalue weighted by Crippen LogP contribution is 2.33. The number of aliphatic hydroxyl groups excluding tert-OH is 1. The number of aliphatic hydroxyl groups is 1. The Balaban J connectivity index is 1.70. The third-order valence-corrected chi connectivity index (χ3v) is 6.67. The molecule has 0 aromatic rings. The summed E-state index contributed by atoms with van der Waals surface area (Å²) < 4.78 is 10.8. The fourth-order valence-corrected chi connectivity index (χ4v) is 5.23. The summed E-state index contributed by atoms with van der Waals surface area (Å²) in [5.74, 6) is -1.47. The predicted molar refractivity (Wildman–Crippen MR) is 122 cm³/mol. The van der Waals surface area contributed by atoms with Crippen molar-refractivity contribution >= 4 is 11.9 Å². The summed E-state index contributed by atoms with van der Waals surface area (Å²) in [6.45, 7) is 13.4. The quantitative estimate of drug-likeness (QED) is 0.542. The third kappa shape index (κ3) is 6.02. The fraction of sp³-hybridized carbons (Fsp3) is 0.833. The van der Waals surface area contributed by atoms with Crippen LogP contribution in [0.5, 0.6) is 0 Å². The normalized spacial score (nSPS) is 28.1. The number of carbonyl (C=O) groups is 2. The topological polar surface area (TPSA) is 91.3 Å². The SMILES string of the molecule is CCOC(=O)C1C(C)=C(C(=O)OC(C)(C)C)NC1CC(O)N1CCC[C@H]1CN1CCCC1. The standard InChI is InChI=1S/C24H41N3O5/c1-6-31-22(29)20-16(2)21(23(30)32-24(3,4)5)25-18(20)14-19(28)27-13-9-10-17(27)15-26-11-7-8-12-26/h17-20,25,28H,6-15H2,1-5H3/t17-,18?,19?,20?/m0/s1. The van der Waals surface area contributed by atoms with Gasteiger partial charge in [-0.15, -0.1) is 0 Å². The molecule has 32 heavy (non-hydrogen) atoms. The minimum Gasteiger partial charge on any atom is -0.465 e. The molecular formula is C24H41N3O5. The molecule has 2 saturated heterocycles. The Morgan fingerprint density at radius 3 is 2.50 bits per heavy atom. The van der Waals surface area contributed by atoms with Gasteiger partial charge in [-0.2, -0.15) is 0 Å². The largest absolute Gasteiger partial charge is 0.465 e. The molecule has 3 rings (SSSR count). The Kier molecular flexibility index (Phi) is 8.22. The summed E-state index contributed by atoms with van der Waals surface area (Å²) >= 11 is 0. The van der Waals surface area contributed by atoms with Gasteiger partial charge in [0.05, 0.1) is 6.61 Å². The van der Waals surface area contributed by atoms with Crippen LogP contribution in [0.1, 0.15) is 66.7 Å². The van der Waals surface area contributed by atoms with Gasteiger partial charge in [-0.1, -0.05) is 0 Å². The number of esters is 2. The molecule has 0 spiro atoms. The zero-order valence-corrected chi connectivity index (χ0v) is 20.4. The van der Waals surface area contributed by atoms with E-state index in [-0.39, 0.29) is 12.6 Å². The Bertz CT molecular complexity index is 711. The molecule has 0 aromatic heterocycles. The molecule has 3 unspecified atom stereocenters. The van der Waals surface area contributed by atoms with Crippen LogP contribution in [-0.2, 0) is 19.1 Å². The first kappa shape index (κ1) is 25.0. The van der Waals surface area contributed by atoms with E-state index in [0.717, 1.165) is 39.0 Å². The number of nitrogens with one attached hydrogen (secondary N) is 1. The molecule has 4 atom stereocenters. The molecule has 2 N–H and O–H groups in total. The Morgan fingerprint density at radius 2 is 1.88 bits per heavy atom. The average Bonchev–Trinajstić information content (AvgIpc) is 3.42. The van der Waals surface area contributed by atoms with Crippen LogP contribution in [0.25, 0.3) is 0 Å². The molecule has 0 saturated carbocycles. The van der Waals surface area contributed by atoms with Crippen molar-refractivity contribution in [2.24, 2.45) is 5.92 Å². The molecule has 0 aromatic carbocycles. The molecule has 3 aliphatic heterocycles. The molecule has 0 bridgehead atoms. The van der Waals surface area contributed by atoms with Gasteiger partial charge in [-0.25, -0.2) is 4.79 Å². The number of carbonyl (C=O) groups excluding carboxylic acids is 2. The van der Waals surface area contributed by atoms with Crippen molar-refractivity contribution in [3.8, 4) is 0 Å². The van der Waals surface area contributed by atoms with Gasteiger partial charge < -0.3 is 24.8 Å². The summed E-state index contributed by atoms with van der Waals surface area (Å²) in [6.07, 6.45) is 4.29. The van der Waals surface area contributed by atoms with Crippen LogP contribution in [0, 0.1) is 5.92 Å². The van der Waals surface area contributed by atoms with E-state index in [1.54, 1.807) is 13.8 Å². The van der Waals surface area contributed by atoms with E-state index in [1.165, 1.54) is 12.8 Å². The molecular weight excluding hydrogens is 410 g/mol. The van der Waals surface area contributed by atoms with E-state index in [9.17, 15) is 14.7 Å². The van der Waals surface area contributed by atoms with Crippen LogP contribution in [-0.4, -0.2) is 83.5 Å². The fourth-order valence-electron chi connectivity index (χ4n) is 5.23. The van der Waals surface area contributed by atoms with Crippen LogP contribution in [0.4, 0.5) is 0 Å². The summed E-state index contributed by atoms with van der Waals surface area (Å²) in [5, 5.41) is 14.4. The number of ether oxygens (including phenoxy) is 2. The zero-order valence-electron chi connectivity index (χ0n) is 20.4. The average molecular weight is 452 g/mol. The van der Waals surface area contributed by atoms with Crippen molar-refractivity contribution in [1.29, 1.82) is 0 Å². The van der Waals surface area contributed by atoms with Gasteiger partial charge in [-0.05, 0) is 79.0 Å². The van der Waals surface area contributed by atoms with Gasteiger partial charge in [0.1, 0.15) is 23.4 Å². The number of likely N-dealkylation sites (tertiary alicyclic amines) is 2. The first-order valence-electron chi connectivity index (χ1n) is 12.1. The van der Waals surface area contributed by atoms with Gasteiger partial charge in [-0.3, -0.25) is 9.69 Å². The zero-order chi connectivity index (χ0) is 23.5. The molecule has 3 aliphatic rings. The lowest BCUT2D eigenvalue weighted by Crippen LogP contribution is -2.48. The predicted octanol–water partition coefficient (Wildman–Crippen LogP) is 2.02. The monoisotopic (exact) mass is 451 g/mol. The molecule has 0 amide bonds. The van der Waals surface area contributed by atoms with E-state index >= 15 is 0 Å². The van der Waals surface area contributed by atoms with Crippen LogP contribution in [0.3, 0.4) is 0 Å². The van der Waals surface area contributed by atoms with E-state index in [2.05, 4.69) is 15.1 Å². The Hall–Kier alpha value is -1.64. The van der Waals surface area contributed by atoms with E-state index < -0.39 is 29.8 Å². The Morgan fingerprint density at radius 1 is 1.19 bits per heavy atom. The number of nitrogens with zero attached hydrogens (tertiary/aromatic N) is 2. The highest BCUT2D eigenvalue weighted by atomic mass is 16.6. The van der Waals surface area contributed by atoms with Crippen molar-refractivity contribution in [3.63, 3.8) is 0 Å². The lowest BCUT2D eigenvalue weighted by atomic mass is 9.92. The van der Waals surface area contributed by atoms with Crippen LogP contribution < -0.4 is 5.32 Å². The van der Waals surface area contributed by atoms with E-state index in [4.69, 9.17) is 9.47 Å². The summed E-state index contributed by atoms with van der Waals surface area (Å²) in [6, 6.07) is -0.0930. The molecule has 182 valence electrons. The lowest BCUT2D eigenvalue weighted by Gasteiger charge is -2.34. The Labute approximate surface area is 192 Å². The number of hydrogen-bond donors (Lipinski definition) is 2. The first-order valence-corrected chi connectivity index (χ1v) is 12.1. The number of hydrogen-bond acceptors (Lipinski definition) is 8. The van der Waals surface area contributed by atoms with Gasteiger partial charge in [0.15, 0.2) is 0 Å². The van der Waals surface area contributed by atoms with Crippen molar-refractivity contribution in [2.75, 3.05) is 32.8 Å².